The van der Waals surface area contributed by atoms with Gasteiger partial charge >= 0.3 is 0 Å². The third kappa shape index (κ3) is 5.36. The van der Waals surface area contributed by atoms with Crippen LogP contribution in [0, 0.1) is 0 Å². The van der Waals surface area contributed by atoms with Crippen molar-refractivity contribution >= 4 is 11.7 Å². The fourth-order valence-corrected chi connectivity index (χ4v) is 2.88. The first kappa shape index (κ1) is 17.5. The lowest BCUT2D eigenvalue weighted by atomic mass is 10.1. The summed E-state index contributed by atoms with van der Waals surface area (Å²) in [6, 6.07) is 7.90. The van der Waals surface area contributed by atoms with Crippen LogP contribution >= 0.6 is 0 Å². The minimum atomic E-state index is 0.121. The van der Waals surface area contributed by atoms with Crippen LogP contribution in [0.25, 0.3) is 0 Å². The number of hydrogen-bond acceptors (Lipinski definition) is 4. The van der Waals surface area contributed by atoms with Gasteiger partial charge in [-0.25, -0.2) is 0 Å². The number of likely N-dealkylation sites (tertiary alicyclic amines) is 1. The van der Waals surface area contributed by atoms with Crippen molar-refractivity contribution in [3.05, 3.63) is 29.8 Å². The maximum Gasteiger partial charge on any atom is 0.226 e. The summed E-state index contributed by atoms with van der Waals surface area (Å²) in [5, 5.41) is 0. The van der Waals surface area contributed by atoms with E-state index in [4.69, 9.17) is 10.5 Å². The van der Waals surface area contributed by atoms with E-state index in [1.165, 1.54) is 0 Å². The number of aryl methyl sites for hydroxylation is 1. The van der Waals surface area contributed by atoms with Gasteiger partial charge in [-0.2, -0.15) is 0 Å². The molecule has 1 aromatic rings. The van der Waals surface area contributed by atoms with E-state index in [1.807, 2.05) is 29.2 Å². The molecule has 1 heterocycles. The van der Waals surface area contributed by atoms with Gasteiger partial charge in [0.15, 0.2) is 0 Å². The molecule has 1 fully saturated rings. The van der Waals surface area contributed by atoms with Crippen LogP contribution in [0.5, 0.6) is 5.75 Å². The summed E-state index contributed by atoms with van der Waals surface area (Å²) in [5.74, 6) is 1.07. The van der Waals surface area contributed by atoms with Crippen LogP contribution < -0.4 is 10.5 Å². The van der Waals surface area contributed by atoms with Crippen LogP contribution in [-0.2, 0) is 16.0 Å². The van der Waals surface area contributed by atoms with Crippen molar-refractivity contribution < 1.29 is 14.3 Å². The van der Waals surface area contributed by atoms with Crippen LogP contribution in [0.15, 0.2) is 24.3 Å². The fourth-order valence-electron chi connectivity index (χ4n) is 2.88. The van der Waals surface area contributed by atoms with Crippen molar-refractivity contribution in [2.75, 3.05) is 19.7 Å². The Labute approximate surface area is 137 Å². The summed E-state index contributed by atoms with van der Waals surface area (Å²) in [6.07, 6.45) is 3.74. The first-order valence-electron chi connectivity index (χ1n) is 8.31. The molecule has 5 nitrogen and oxygen atoms in total. The highest BCUT2D eigenvalue weighted by molar-refractivity contribution is 5.77. The van der Waals surface area contributed by atoms with Crippen molar-refractivity contribution in [3.8, 4) is 5.75 Å². The van der Waals surface area contributed by atoms with Crippen molar-refractivity contribution in [1.29, 1.82) is 0 Å². The number of benzene rings is 1. The lowest BCUT2D eigenvalue weighted by Crippen LogP contribution is -2.40. The topological polar surface area (TPSA) is 72.6 Å². The van der Waals surface area contributed by atoms with E-state index in [0.717, 1.165) is 37.1 Å². The number of ketones is 1. The molecule has 0 aliphatic carbocycles. The Morgan fingerprint density at radius 2 is 2.00 bits per heavy atom. The Morgan fingerprint density at radius 3 is 2.65 bits per heavy atom. The average molecular weight is 318 g/mol. The minimum Gasteiger partial charge on any atom is -0.493 e. The van der Waals surface area contributed by atoms with Crippen LogP contribution in [0.3, 0.4) is 0 Å². The zero-order valence-corrected chi connectivity index (χ0v) is 13.8. The molecule has 1 saturated heterocycles. The van der Waals surface area contributed by atoms with Gasteiger partial charge < -0.3 is 20.2 Å². The van der Waals surface area contributed by atoms with Gasteiger partial charge in [-0.3, -0.25) is 4.79 Å². The Morgan fingerprint density at radius 1 is 1.26 bits per heavy atom. The van der Waals surface area contributed by atoms with Gasteiger partial charge in [-0.1, -0.05) is 12.1 Å². The number of rotatable bonds is 8. The molecule has 1 aromatic carbocycles. The van der Waals surface area contributed by atoms with Gasteiger partial charge in [0.2, 0.25) is 5.91 Å². The van der Waals surface area contributed by atoms with Gasteiger partial charge in [0, 0.05) is 25.6 Å². The highest BCUT2D eigenvalue weighted by atomic mass is 16.5. The zero-order chi connectivity index (χ0) is 16.7. The molecule has 0 bridgehead atoms. The number of hydrogen-bond donors (Lipinski definition) is 1. The molecule has 1 aliphatic heterocycles. The second kappa shape index (κ2) is 8.67. The van der Waals surface area contributed by atoms with Gasteiger partial charge in [-0.15, -0.1) is 0 Å². The van der Waals surface area contributed by atoms with E-state index >= 15 is 0 Å². The van der Waals surface area contributed by atoms with Gasteiger partial charge in [0.1, 0.15) is 11.5 Å². The summed E-state index contributed by atoms with van der Waals surface area (Å²) in [4.78, 5) is 25.0. The smallest absolute Gasteiger partial charge is 0.226 e. The molecule has 0 spiro atoms. The summed E-state index contributed by atoms with van der Waals surface area (Å²) in [6.45, 7) is 3.32. The normalized spacial score (nSPS) is 17.3. The number of nitrogens with two attached hydrogens (primary N) is 1. The average Bonchev–Trinajstić information content (AvgIpc) is 3.02. The molecular weight excluding hydrogens is 292 g/mol. The third-order valence-corrected chi connectivity index (χ3v) is 4.24. The second-order valence-corrected chi connectivity index (χ2v) is 6.06. The molecule has 1 amide bonds. The third-order valence-electron chi connectivity index (χ3n) is 4.24. The zero-order valence-electron chi connectivity index (χ0n) is 13.8. The fraction of sp³-hybridized carbons (Fsp3) is 0.556. The number of amides is 1. The molecule has 2 rings (SSSR count). The second-order valence-electron chi connectivity index (χ2n) is 6.06. The van der Waals surface area contributed by atoms with Crippen molar-refractivity contribution in [1.82, 2.24) is 4.90 Å². The van der Waals surface area contributed by atoms with Crippen LogP contribution in [0.2, 0.25) is 0 Å². The first-order chi connectivity index (χ1) is 11.1. The standard InChI is InChI=1S/C18H26N2O3/c1-14(21)4-5-15-6-8-17(9-7-15)23-12-10-18(22)20-11-2-3-16(20)13-19/h6-9,16H,2-5,10-13,19H2,1H3. The molecule has 5 heteroatoms. The van der Waals surface area contributed by atoms with E-state index in [2.05, 4.69) is 0 Å². The highest BCUT2D eigenvalue weighted by Crippen LogP contribution is 2.18. The number of carbonyl (C=O) groups excluding carboxylic acids is 2. The molecule has 23 heavy (non-hydrogen) atoms. The Hall–Kier alpha value is -1.88. The molecule has 0 saturated carbocycles. The predicted octanol–water partition coefficient (Wildman–Crippen LogP) is 1.93. The van der Waals surface area contributed by atoms with E-state index in [-0.39, 0.29) is 17.7 Å². The molecule has 1 unspecified atom stereocenters. The molecular formula is C18H26N2O3. The first-order valence-corrected chi connectivity index (χ1v) is 8.31. The maximum absolute atomic E-state index is 12.2. The number of ether oxygens (including phenoxy) is 1. The van der Waals surface area contributed by atoms with E-state index in [9.17, 15) is 9.59 Å². The van der Waals surface area contributed by atoms with Crippen LogP contribution in [0.1, 0.15) is 38.2 Å². The minimum absolute atomic E-state index is 0.121. The molecule has 2 N–H and O–H groups in total. The molecule has 126 valence electrons. The van der Waals surface area contributed by atoms with Gasteiger partial charge in [-0.05, 0) is 43.9 Å². The largest absolute Gasteiger partial charge is 0.493 e. The summed E-state index contributed by atoms with van der Waals surface area (Å²) < 4.78 is 5.64. The van der Waals surface area contributed by atoms with Crippen molar-refractivity contribution in [3.63, 3.8) is 0 Å². The molecule has 1 aliphatic rings. The summed E-state index contributed by atoms with van der Waals surface area (Å²) >= 11 is 0. The predicted molar refractivity (Wildman–Crippen MR) is 89.3 cm³/mol. The number of Topliss-reactive ketones (excluding diaryl/α,β-unsaturated/α-hetero) is 1. The Kier molecular flexibility index (Phi) is 6.59. The quantitative estimate of drug-likeness (QED) is 0.795. The van der Waals surface area contributed by atoms with Gasteiger partial charge in [0.25, 0.3) is 0 Å². The Balaban J connectivity index is 1.73. The van der Waals surface area contributed by atoms with Crippen molar-refractivity contribution in [2.45, 2.75) is 45.1 Å². The lowest BCUT2D eigenvalue weighted by Gasteiger charge is -2.23. The summed E-state index contributed by atoms with van der Waals surface area (Å²) in [7, 11) is 0. The highest BCUT2D eigenvalue weighted by Gasteiger charge is 2.26. The lowest BCUT2D eigenvalue weighted by molar-refractivity contribution is -0.132. The van der Waals surface area contributed by atoms with Crippen LogP contribution in [-0.4, -0.2) is 42.3 Å². The monoisotopic (exact) mass is 318 g/mol. The van der Waals surface area contributed by atoms with E-state index in [1.54, 1.807) is 6.92 Å². The molecule has 0 radical (unpaired) electrons. The number of nitrogens with zero attached hydrogens (tertiary/aromatic N) is 1. The molecule has 1 atom stereocenters. The summed E-state index contributed by atoms with van der Waals surface area (Å²) in [5.41, 5.74) is 6.81. The van der Waals surface area contributed by atoms with Crippen molar-refractivity contribution in [2.24, 2.45) is 5.73 Å². The van der Waals surface area contributed by atoms with Crippen LogP contribution in [0.4, 0.5) is 0 Å². The SMILES string of the molecule is CC(=O)CCc1ccc(OCCC(=O)N2CCCC2CN)cc1. The number of carbonyl (C=O) groups is 2. The van der Waals surface area contributed by atoms with Gasteiger partial charge in [0.05, 0.1) is 13.0 Å². The Bertz CT molecular complexity index is 528. The van der Waals surface area contributed by atoms with E-state index in [0.29, 0.717) is 26.0 Å². The van der Waals surface area contributed by atoms with E-state index < -0.39 is 0 Å². The maximum atomic E-state index is 12.2. The molecule has 0 aromatic heterocycles.